The van der Waals surface area contributed by atoms with E-state index in [1.54, 1.807) is 17.9 Å². The molecule has 0 saturated carbocycles. The average molecular weight is 386 g/mol. The average Bonchev–Trinajstić information content (AvgIpc) is 2.59. The smallest absolute Gasteiger partial charge is 0.339 e. The van der Waals surface area contributed by atoms with Gasteiger partial charge in [-0.2, -0.15) is 18.4 Å². The monoisotopic (exact) mass is 386 g/mol. The second-order valence-electron chi connectivity index (χ2n) is 6.17. The highest BCUT2D eigenvalue weighted by Gasteiger charge is 2.38. The minimum Gasteiger partial charge on any atom is -0.339 e. The van der Waals surface area contributed by atoms with E-state index in [4.69, 9.17) is 0 Å². The molecule has 0 N–H and O–H groups in total. The number of halogens is 3. The Morgan fingerprint density at radius 3 is 2.42 bits per heavy atom. The van der Waals surface area contributed by atoms with E-state index in [2.05, 4.69) is 9.88 Å². The summed E-state index contributed by atoms with van der Waals surface area (Å²) in [5, 5.41) is 9.27. The second kappa shape index (κ2) is 8.27. The third-order valence-corrected chi connectivity index (χ3v) is 5.39. The van der Waals surface area contributed by atoms with Gasteiger partial charge < -0.3 is 9.80 Å². The molecule has 0 atom stereocenters. The van der Waals surface area contributed by atoms with Crippen LogP contribution in [0, 0.1) is 18.3 Å². The van der Waals surface area contributed by atoms with Crippen LogP contribution in [0.3, 0.4) is 0 Å². The SMILES string of the molecule is CCc1nc(SCC(=O)N2CCN(C)CC2)c(C#N)c(C(F)(F)F)c1C. The first-order valence-electron chi connectivity index (χ1n) is 8.28. The van der Waals surface area contributed by atoms with Gasteiger partial charge in [-0.25, -0.2) is 4.98 Å². The van der Waals surface area contributed by atoms with Gasteiger partial charge >= 0.3 is 6.18 Å². The van der Waals surface area contributed by atoms with Gasteiger partial charge in [-0.3, -0.25) is 4.79 Å². The molecule has 0 aliphatic carbocycles. The Bertz CT molecular complexity index is 722. The predicted molar refractivity (Wildman–Crippen MR) is 92.9 cm³/mol. The highest BCUT2D eigenvalue weighted by Crippen LogP contribution is 2.38. The fourth-order valence-electron chi connectivity index (χ4n) is 2.89. The van der Waals surface area contributed by atoms with Crippen molar-refractivity contribution in [1.29, 1.82) is 5.26 Å². The summed E-state index contributed by atoms with van der Waals surface area (Å²) >= 11 is 0.904. The van der Waals surface area contributed by atoms with Crippen LogP contribution < -0.4 is 0 Å². The summed E-state index contributed by atoms with van der Waals surface area (Å²) in [4.78, 5) is 20.4. The summed E-state index contributed by atoms with van der Waals surface area (Å²) in [7, 11) is 1.97. The summed E-state index contributed by atoms with van der Waals surface area (Å²) in [6.07, 6.45) is -4.32. The first-order chi connectivity index (χ1) is 12.2. The van der Waals surface area contributed by atoms with Crippen LogP contribution in [0.25, 0.3) is 0 Å². The number of aromatic nitrogens is 1. The maximum absolute atomic E-state index is 13.5. The van der Waals surface area contributed by atoms with Crippen LogP contribution in [0.4, 0.5) is 13.2 Å². The minimum atomic E-state index is -4.64. The third-order valence-electron chi connectivity index (χ3n) is 4.43. The molecule has 2 rings (SSSR count). The third kappa shape index (κ3) is 4.48. The van der Waals surface area contributed by atoms with Gasteiger partial charge in [0.1, 0.15) is 11.1 Å². The van der Waals surface area contributed by atoms with E-state index in [0.717, 1.165) is 24.9 Å². The first kappa shape index (κ1) is 20.5. The summed E-state index contributed by atoms with van der Waals surface area (Å²) < 4.78 is 40.4. The van der Waals surface area contributed by atoms with Crippen molar-refractivity contribution >= 4 is 17.7 Å². The summed E-state index contributed by atoms with van der Waals surface area (Å²) in [5.41, 5.74) is -1.16. The number of thioether (sulfide) groups is 1. The van der Waals surface area contributed by atoms with Crippen LogP contribution in [0.1, 0.15) is 29.3 Å². The number of nitrogens with zero attached hydrogens (tertiary/aromatic N) is 4. The van der Waals surface area contributed by atoms with Crippen LogP contribution in [0.2, 0.25) is 0 Å². The van der Waals surface area contributed by atoms with Gasteiger partial charge in [0.05, 0.1) is 16.9 Å². The molecule has 9 heteroatoms. The summed E-state index contributed by atoms with van der Waals surface area (Å²) in [5.74, 6) is -0.185. The predicted octanol–water partition coefficient (Wildman–Crippen LogP) is 2.71. The van der Waals surface area contributed by atoms with Gasteiger partial charge in [-0.15, -0.1) is 0 Å². The number of pyridine rings is 1. The van der Waals surface area contributed by atoms with Gasteiger partial charge in [0.25, 0.3) is 0 Å². The largest absolute Gasteiger partial charge is 0.418 e. The Morgan fingerprint density at radius 2 is 1.92 bits per heavy atom. The number of amides is 1. The number of carbonyl (C=O) groups is 1. The minimum absolute atomic E-state index is 0.0219. The maximum Gasteiger partial charge on any atom is 0.418 e. The molecule has 0 bridgehead atoms. The van der Waals surface area contributed by atoms with Crippen LogP contribution in [-0.4, -0.2) is 59.7 Å². The van der Waals surface area contributed by atoms with Crippen LogP contribution in [0.15, 0.2) is 5.03 Å². The number of carbonyl (C=O) groups excluding carboxylic acids is 1. The molecule has 1 saturated heterocycles. The Balaban J connectivity index is 2.26. The molecule has 1 amide bonds. The Morgan fingerprint density at radius 1 is 1.31 bits per heavy atom. The Kier molecular flexibility index (Phi) is 6.53. The molecule has 0 unspecified atom stereocenters. The van der Waals surface area contributed by atoms with Crippen molar-refractivity contribution in [3.05, 3.63) is 22.4 Å². The van der Waals surface area contributed by atoms with Gasteiger partial charge in [-0.1, -0.05) is 18.7 Å². The van der Waals surface area contributed by atoms with E-state index < -0.39 is 17.3 Å². The highest BCUT2D eigenvalue weighted by atomic mass is 32.2. The number of likely N-dealkylation sites (N-methyl/N-ethyl adjacent to an activating group) is 1. The van der Waals surface area contributed by atoms with Crippen LogP contribution in [0.5, 0.6) is 0 Å². The van der Waals surface area contributed by atoms with Gasteiger partial charge in [0, 0.05) is 31.9 Å². The Labute approximate surface area is 155 Å². The number of alkyl halides is 3. The molecule has 0 spiro atoms. The first-order valence-corrected chi connectivity index (χ1v) is 9.27. The molecule has 1 aliphatic heterocycles. The topological polar surface area (TPSA) is 60.2 Å². The molecule has 1 fully saturated rings. The van der Waals surface area contributed by atoms with Crippen LogP contribution >= 0.6 is 11.8 Å². The van der Waals surface area contributed by atoms with E-state index >= 15 is 0 Å². The van der Waals surface area contributed by atoms with Crippen molar-refractivity contribution in [3.8, 4) is 6.07 Å². The number of piperazine rings is 1. The van der Waals surface area contributed by atoms with Gasteiger partial charge in [0.2, 0.25) is 5.91 Å². The normalized spacial score (nSPS) is 15.8. The number of aryl methyl sites for hydroxylation is 1. The molecular formula is C17H21F3N4OS. The van der Waals surface area contributed by atoms with Crippen molar-refractivity contribution < 1.29 is 18.0 Å². The maximum atomic E-state index is 13.5. The Hall–Kier alpha value is -1.79. The van der Waals surface area contributed by atoms with E-state index in [1.807, 2.05) is 7.05 Å². The lowest BCUT2D eigenvalue weighted by Gasteiger charge is -2.32. The number of nitriles is 1. The molecule has 26 heavy (non-hydrogen) atoms. The standard InChI is InChI=1S/C17H21F3N4OS/c1-4-13-11(2)15(17(18,19)20)12(9-21)16(22-13)26-10-14(25)24-7-5-23(3)6-8-24/h4-8,10H2,1-3H3. The van der Waals surface area contributed by atoms with Crippen molar-refractivity contribution in [2.75, 3.05) is 39.0 Å². The number of hydrogen-bond donors (Lipinski definition) is 0. The molecular weight excluding hydrogens is 365 g/mol. The van der Waals surface area contributed by atoms with Crippen molar-refractivity contribution in [2.24, 2.45) is 0 Å². The van der Waals surface area contributed by atoms with Gasteiger partial charge in [-0.05, 0) is 26.0 Å². The fourth-order valence-corrected chi connectivity index (χ4v) is 3.79. The van der Waals surface area contributed by atoms with E-state index in [9.17, 15) is 23.2 Å². The molecule has 1 aromatic rings. The summed E-state index contributed by atoms with van der Waals surface area (Å²) in [6, 6.07) is 1.64. The van der Waals surface area contributed by atoms with Crippen LogP contribution in [-0.2, 0) is 17.4 Å². The van der Waals surface area contributed by atoms with E-state index in [1.165, 1.54) is 6.92 Å². The quantitative estimate of drug-likeness (QED) is 0.745. The lowest BCUT2D eigenvalue weighted by molar-refractivity contribution is -0.138. The zero-order valence-corrected chi connectivity index (χ0v) is 15.8. The second-order valence-corrected chi connectivity index (χ2v) is 7.14. The number of hydrogen-bond acceptors (Lipinski definition) is 5. The fraction of sp³-hybridized carbons (Fsp3) is 0.588. The molecule has 0 aromatic carbocycles. The lowest BCUT2D eigenvalue weighted by Crippen LogP contribution is -2.47. The molecule has 1 aromatic heterocycles. The molecule has 142 valence electrons. The lowest BCUT2D eigenvalue weighted by atomic mass is 10.0. The molecule has 2 heterocycles. The van der Waals surface area contributed by atoms with Crippen molar-refractivity contribution in [1.82, 2.24) is 14.8 Å². The van der Waals surface area contributed by atoms with E-state index in [0.29, 0.717) is 25.2 Å². The highest BCUT2D eigenvalue weighted by molar-refractivity contribution is 8.00. The zero-order valence-electron chi connectivity index (χ0n) is 15.0. The molecule has 0 radical (unpaired) electrons. The van der Waals surface area contributed by atoms with Crippen molar-refractivity contribution in [3.63, 3.8) is 0 Å². The van der Waals surface area contributed by atoms with Crippen molar-refractivity contribution in [2.45, 2.75) is 31.5 Å². The molecule has 1 aliphatic rings. The number of rotatable bonds is 4. The van der Waals surface area contributed by atoms with E-state index in [-0.39, 0.29) is 22.2 Å². The van der Waals surface area contributed by atoms with Gasteiger partial charge in [0.15, 0.2) is 0 Å². The summed E-state index contributed by atoms with van der Waals surface area (Å²) in [6.45, 7) is 5.76. The molecule has 5 nitrogen and oxygen atoms in total. The zero-order chi connectivity index (χ0) is 19.5.